The van der Waals surface area contributed by atoms with Gasteiger partial charge in [-0.1, -0.05) is 41.9 Å². The van der Waals surface area contributed by atoms with E-state index in [1.165, 1.54) is 6.07 Å². The predicted octanol–water partition coefficient (Wildman–Crippen LogP) is 5.11. The van der Waals surface area contributed by atoms with Crippen molar-refractivity contribution in [3.05, 3.63) is 77.3 Å². The summed E-state index contributed by atoms with van der Waals surface area (Å²) < 4.78 is 13.3. The lowest BCUT2D eigenvalue weighted by Crippen LogP contribution is -2.08. The Morgan fingerprint density at radius 2 is 1.87 bits per heavy atom. The van der Waals surface area contributed by atoms with E-state index < -0.39 is 5.82 Å². The zero-order chi connectivity index (χ0) is 16.2. The van der Waals surface area contributed by atoms with Crippen LogP contribution in [0.4, 0.5) is 10.2 Å². The van der Waals surface area contributed by atoms with Gasteiger partial charge in [0.2, 0.25) is 0 Å². The molecule has 1 aromatic heterocycles. The maximum atomic E-state index is 13.3. The Kier molecular flexibility index (Phi) is 4.53. The molecule has 0 spiro atoms. The molecule has 23 heavy (non-hydrogen) atoms. The molecule has 2 aromatic carbocycles. The van der Waals surface area contributed by atoms with Gasteiger partial charge in [0.05, 0.1) is 23.1 Å². The molecule has 1 N–H and O–H groups in total. The van der Waals surface area contributed by atoms with Crippen molar-refractivity contribution in [1.82, 2.24) is 9.97 Å². The third-order valence-corrected chi connectivity index (χ3v) is 3.80. The van der Waals surface area contributed by atoms with E-state index >= 15 is 0 Å². The molecule has 3 nitrogen and oxygen atoms in total. The number of nitrogens with one attached hydrogen (secondary N) is 1. The fourth-order valence-corrected chi connectivity index (χ4v) is 2.46. The van der Waals surface area contributed by atoms with Crippen LogP contribution in [0, 0.1) is 5.82 Å². The van der Waals surface area contributed by atoms with E-state index in [4.69, 9.17) is 11.6 Å². The average Bonchev–Trinajstić information content (AvgIpc) is 2.58. The van der Waals surface area contributed by atoms with Crippen LogP contribution in [0.5, 0.6) is 0 Å². The molecule has 5 heteroatoms. The van der Waals surface area contributed by atoms with E-state index in [1.807, 2.05) is 18.2 Å². The normalized spacial score (nSPS) is 12.0. The fraction of sp³-hybridized carbons (Fsp3) is 0.111. The summed E-state index contributed by atoms with van der Waals surface area (Å²) in [5.74, 6) is 0.203. The Morgan fingerprint density at radius 1 is 1.09 bits per heavy atom. The van der Waals surface area contributed by atoms with E-state index in [9.17, 15) is 4.39 Å². The largest absolute Gasteiger partial charge is 0.362 e. The molecule has 0 radical (unpaired) electrons. The summed E-state index contributed by atoms with van der Waals surface area (Å²) in [7, 11) is 0. The Bertz CT molecular complexity index is 808. The van der Waals surface area contributed by atoms with Crippen molar-refractivity contribution < 1.29 is 4.39 Å². The minimum Gasteiger partial charge on any atom is -0.362 e. The van der Waals surface area contributed by atoms with Crippen molar-refractivity contribution in [2.75, 3.05) is 5.32 Å². The van der Waals surface area contributed by atoms with Gasteiger partial charge >= 0.3 is 0 Å². The first-order valence-electron chi connectivity index (χ1n) is 7.22. The molecule has 0 aliphatic heterocycles. The monoisotopic (exact) mass is 327 g/mol. The summed E-state index contributed by atoms with van der Waals surface area (Å²) in [5.41, 5.74) is 2.52. The first-order valence-corrected chi connectivity index (χ1v) is 7.60. The zero-order valence-electron chi connectivity index (χ0n) is 12.5. The summed E-state index contributed by atoms with van der Waals surface area (Å²) in [5, 5.41) is 3.38. The molecular formula is C18H15ClFN3. The number of aromatic nitrogens is 2. The van der Waals surface area contributed by atoms with Gasteiger partial charge in [0.1, 0.15) is 11.6 Å². The van der Waals surface area contributed by atoms with Crippen LogP contribution in [0.2, 0.25) is 5.02 Å². The van der Waals surface area contributed by atoms with Crippen LogP contribution in [-0.2, 0) is 0 Å². The maximum Gasteiger partial charge on any atom is 0.145 e. The maximum absolute atomic E-state index is 13.3. The minimum atomic E-state index is -0.449. The molecule has 0 bridgehead atoms. The van der Waals surface area contributed by atoms with Gasteiger partial charge in [-0.25, -0.2) is 9.37 Å². The van der Waals surface area contributed by atoms with Crippen molar-refractivity contribution in [2.45, 2.75) is 13.0 Å². The van der Waals surface area contributed by atoms with E-state index in [1.54, 1.807) is 24.5 Å². The first-order chi connectivity index (χ1) is 11.1. The van der Waals surface area contributed by atoms with Crippen molar-refractivity contribution in [3.8, 4) is 11.3 Å². The molecule has 116 valence electrons. The number of anilines is 1. The summed E-state index contributed by atoms with van der Waals surface area (Å²) in [6.45, 7) is 2.05. The predicted molar refractivity (Wildman–Crippen MR) is 90.9 cm³/mol. The molecule has 0 saturated heterocycles. The fourth-order valence-electron chi connectivity index (χ4n) is 2.28. The lowest BCUT2D eigenvalue weighted by Gasteiger charge is -2.15. The lowest BCUT2D eigenvalue weighted by molar-refractivity contribution is 0.628. The molecule has 1 unspecified atom stereocenters. The first kappa shape index (κ1) is 15.4. The van der Waals surface area contributed by atoms with Crippen LogP contribution in [0.25, 0.3) is 11.3 Å². The number of hydrogen-bond acceptors (Lipinski definition) is 3. The molecule has 1 heterocycles. The Balaban J connectivity index is 1.84. The highest BCUT2D eigenvalue weighted by Gasteiger charge is 2.08. The van der Waals surface area contributed by atoms with Gasteiger partial charge in [-0.3, -0.25) is 4.98 Å². The average molecular weight is 328 g/mol. The molecule has 0 aliphatic rings. The van der Waals surface area contributed by atoms with Crippen molar-refractivity contribution in [2.24, 2.45) is 0 Å². The number of hydrogen-bond donors (Lipinski definition) is 1. The Morgan fingerprint density at radius 3 is 2.61 bits per heavy atom. The third-order valence-electron chi connectivity index (χ3n) is 3.51. The number of rotatable bonds is 4. The number of nitrogens with zero attached hydrogens (tertiary/aromatic N) is 2. The smallest absolute Gasteiger partial charge is 0.145 e. The van der Waals surface area contributed by atoms with E-state index in [0.717, 1.165) is 11.1 Å². The standard InChI is InChI=1S/C18H15ClFN3/c1-12(13-5-3-2-4-6-13)22-18-11-21-10-17(23-18)14-7-8-16(20)15(19)9-14/h2-12H,1H3,(H,22,23). The van der Waals surface area contributed by atoms with Crippen LogP contribution < -0.4 is 5.32 Å². The molecule has 0 aliphatic carbocycles. The van der Waals surface area contributed by atoms with Crippen molar-refractivity contribution in [3.63, 3.8) is 0 Å². The Labute approximate surface area is 139 Å². The molecule has 0 fully saturated rings. The van der Waals surface area contributed by atoms with Gasteiger partial charge in [0.25, 0.3) is 0 Å². The highest BCUT2D eigenvalue weighted by Crippen LogP contribution is 2.24. The molecular weight excluding hydrogens is 313 g/mol. The van der Waals surface area contributed by atoms with Gasteiger partial charge in [0, 0.05) is 11.6 Å². The van der Waals surface area contributed by atoms with Crippen LogP contribution in [0.3, 0.4) is 0 Å². The van der Waals surface area contributed by atoms with Crippen LogP contribution in [0.1, 0.15) is 18.5 Å². The highest BCUT2D eigenvalue weighted by atomic mass is 35.5. The molecule has 3 rings (SSSR count). The second-order valence-corrected chi connectivity index (χ2v) is 5.60. The molecule has 0 saturated carbocycles. The van der Waals surface area contributed by atoms with Gasteiger partial charge < -0.3 is 5.32 Å². The van der Waals surface area contributed by atoms with Crippen LogP contribution >= 0.6 is 11.6 Å². The number of benzene rings is 2. The molecule has 0 amide bonds. The zero-order valence-corrected chi connectivity index (χ0v) is 13.3. The minimum absolute atomic E-state index is 0.0697. The summed E-state index contributed by atoms with van der Waals surface area (Å²) >= 11 is 5.83. The topological polar surface area (TPSA) is 37.8 Å². The second kappa shape index (κ2) is 6.75. The third kappa shape index (κ3) is 3.66. The van der Waals surface area contributed by atoms with Gasteiger partial charge in [0.15, 0.2) is 0 Å². The van der Waals surface area contributed by atoms with E-state index in [2.05, 4.69) is 34.3 Å². The highest BCUT2D eigenvalue weighted by molar-refractivity contribution is 6.31. The molecule has 3 aromatic rings. The Hall–Kier alpha value is -2.46. The lowest BCUT2D eigenvalue weighted by atomic mass is 10.1. The second-order valence-electron chi connectivity index (χ2n) is 5.20. The van der Waals surface area contributed by atoms with Gasteiger partial charge in [-0.2, -0.15) is 0 Å². The summed E-state index contributed by atoms with van der Waals surface area (Å²) in [4.78, 5) is 8.72. The van der Waals surface area contributed by atoms with Gasteiger partial charge in [-0.15, -0.1) is 0 Å². The van der Waals surface area contributed by atoms with Crippen molar-refractivity contribution in [1.29, 1.82) is 0 Å². The van der Waals surface area contributed by atoms with E-state index in [0.29, 0.717) is 11.5 Å². The molecule has 1 atom stereocenters. The van der Waals surface area contributed by atoms with Crippen LogP contribution in [-0.4, -0.2) is 9.97 Å². The SMILES string of the molecule is CC(Nc1cncc(-c2ccc(F)c(Cl)c2)n1)c1ccccc1. The van der Waals surface area contributed by atoms with Crippen molar-refractivity contribution >= 4 is 17.4 Å². The summed E-state index contributed by atoms with van der Waals surface area (Å²) in [6, 6.07) is 14.7. The quantitative estimate of drug-likeness (QED) is 0.723. The van der Waals surface area contributed by atoms with Gasteiger partial charge in [-0.05, 0) is 30.7 Å². The number of halogens is 2. The summed E-state index contributed by atoms with van der Waals surface area (Å²) in [6.07, 6.45) is 3.29. The van der Waals surface area contributed by atoms with E-state index in [-0.39, 0.29) is 11.1 Å². The van der Waals surface area contributed by atoms with Crippen LogP contribution in [0.15, 0.2) is 60.9 Å².